The Morgan fingerprint density at radius 1 is 1.30 bits per heavy atom. The van der Waals surface area contributed by atoms with Crippen LogP contribution in [0, 0.1) is 0 Å². The van der Waals surface area contributed by atoms with Gasteiger partial charge >= 0.3 is 12.6 Å². The summed E-state index contributed by atoms with van der Waals surface area (Å²) in [6.07, 6.45) is 0. The molecule has 23 heavy (non-hydrogen) atoms. The number of carbonyl (C=O) groups is 1. The van der Waals surface area contributed by atoms with Gasteiger partial charge < -0.3 is 20.5 Å². The number of alkyl halides is 2. The molecule has 0 spiro atoms. The second-order valence-corrected chi connectivity index (χ2v) is 4.85. The van der Waals surface area contributed by atoms with Crippen molar-refractivity contribution in [1.82, 2.24) is 0 Å². The topological polar surface area (TPSA) is 73.6 Å². The van der Waals surface area contributed by atoms with E-state index < -0.39 is 12.6 Å². The molecule has 0 saturated carbocycles. The van der Waals surface area contributed by atoms with Gasteiger partial charge in [-0.1, -0.05) is 17.7 Å². The fourth-order valence-electron chi connectivity index (χ4n) is 1.87. The first kappa shape index (κ1) is 16.8. The van der Waals surface area contributed by atoms with Gasteiger partial charge in [-0.2, -0.15) is 8.78 Å². The van der Waals surface area contributed by atoms with E-state index in [9.17, 15) is 13.6 Å². The lowest BCUT2D eigenvalue weighted by molar-refractivity contribution is -0.0498. The highest BCUT2D eigenvalue weighted by molar-refractivity contribution is 6.34. The van der Waals surface area contributed by atoms with E-state index in [-0.39, 0.29) is 22.0 Å². The number of methoxy groups -OCH3 is 1. The molecule has 0 radical (unpaired) electrons. The smallest absolute Gasteiger partial charge is 0.387 e. The van der Waals surface area contributed by atoms with Crippen LogP contribution in [0.15, 0.2) is 36.4 Å². The van der Waals surface area contributed by atoms with E-state index in [1.165, 1.54) is 31.4 Å². The van der Waals surface area contributed by atoms with Crippen molar-refractivity contribution in [2.45, 2.75) is 6.61 Å². The van der Waals surface area contributed by atoms with Crippen LogP contribution in [0.1, 0.15) is 10.4 Å². The normalized spacial score (nSPS) is 10.5. The van der Waals surface area contributed by atoms with Crippen LogP contribution in [0.2, 0.25) is 5.02 Å². The molecule has 0 bridgehead atoms. The van der Waals surface area contributed by atoms with E-state index in [0.29, 0.717) is 11.4 Å². The summed E-state index contributed by atoms with van der Waals surface area (Å²) in [5, 5.41) is 3.07. The predicted molar refractivity (Wildman–Crippen MR) is 83.6 cm³/mol. The second-order valence-electron chi connectivity index (χ2n) is 4.44. The molecule has 2 aromatic carbocycles. The van der Waals surface area contributed by atoms with Crippen LogP contribution in [0.4, 0.5) is 25.8 Å². The summed E-state index contributed by atoms with van der Waals surface area (Å²) in [7, 11) is 1.23. The molecule has 0 aliphatic rings. The minimum absolute atomic E-state index is 0.000786. The number of nitrogens with two attached hydrogens (primary N) is 1. The molecule has 0 aromatic heterocycles. The minimum Gasteiger partial charge on any atom is -0.465 e. The molecule has 122 valence electrons. The van der Waals surface area contributed by atoms with Crippen LogP contribution in [0.3, 0.4) is 0 Å². The molecule has 2 rings (SSSR count). The molecule has 0 amide bonds. The maximum absolute atomic E-state index is 12.2. The van der Waals surface area contributed by atoms with E-state index >= 15 is 0 Å². The highest BCUT2D eigenvalue weighted by atomic mass is 35.5. The molecule has 0 aliphatic carbocycles. The summed E-state index contributed by atoms with van der Waals surface area (Å²) in [5.74, 6) is -0.610. The summed E-state index contributed by atoms with van der Waals surface area (Å²) in [6.45, 7) is -2.91. The van der Waals surface area contributed by atoms with Crippen molar-refractivity contribution < 1.29 is 23.0 Å². The lowest BCUT2D eigenvalue weighted by Crippen LogP contribution is -2.05. The minimum atomic E-state index is -2.91. The third kappa shape index (κ3) is 4.23. The van der Waals surface area contributed by atoms with E-state index in [0.717, 1.165) is 0 Å². The van der Waals surface area contributed by atoms with Gasteiger partial charge in [0.1, 0.15) is 5.75 Å². The van der Waals surface area contributed by atoms with Gasteiger partial charge in [0.2, 0.25) is 0 Å². The van der Waals surface area contributed by atoms with Crippen molar-refractivity contribution in [2.75, 3.05) is 18.2 Å². The Morgan fingerprint density at radius 3 is 2.70 bits per heavy atom. The van der Waals surface area contributed by atoms with Crippen molar-refractivity contribution >= 4 is 34.6 Å². The summed E-state index contributed by atoms with van der Waals surface area (Å²) < 4.78 is 33.4. The van der Waals surface area contributed by atoms with Crippen LogP contribution in [-0.4, -0.2) is 19.7 Å². The van der Waals surface area contributed by atoms with Crippen LogP contribution < -0.4 is 15.8 Å². The number of esters is 1. The number of nitrogens with one attached hydrogen (secondary N) is 1. The van der Waals surface area contributed by atoms with Gasteiger partial charge in [-0.15, -0.1) is 0 Å². The highest BCUT2D eigenvalue weighted by Gasteiger charge is 2.14. The zero-order valence-corrected chi connectivity index (χ0v) is 12.7. The van der Waals surface area contributed by atoms with Gasteiger partial charge in [-0.25, -0.2) is 4.79 Å². The first-order chi connectivity index (χ1) is 10.9. The Kier molecular flexibility index (Phi) is 5.23. The standard InChI is InChI=1S/C15H13ClF2N2O3/c1-22-14(21)10-6-12(19)13(7-11(10)16)20-8-3-2-4-9(5-8)23-15(17)18/h2-7,15,20H,19H2,1H3. The highest BCUT2D eigenvalue weighted by Crippen LogP contribution is 2.31. The molecule has 0 heterocycles. The summed E-state index contributed by atoms with van der Waals surface area (Å²) in [5.41, 5.74) is 7.13. The number of rotatable bonds is 5. The summed E-state index contributed by atoms with van der Waals surface area (Å²) in [4.78, 5) is 11.5. The van der Waals surface area contributed by atoms with Crippen molar-refractivity contribution in [3.05, 3.63) is 47.0 Å². The van der Waals surface area contributed by atoms with Crippen LogP contribution in [0.25, 0.3) is 0 Å². The van der Waals surface area contributed by atoms with E-state index in [4.69, 9.17) is 17.3 Å². The predicted octanol–water partition coefficient (Wildman–Crippen LogP) is 4.05. The van der Waals surface area contributed by atoms with Gasteiger partial charge in [-0.05, 0) is 24.3 Å². The number of hydrogen-bond acceptors (Lipinski definition) is 5. The second kappa shape index (κ2) is 7.15. The van der Waals surface area contributed by atoms with Crippen LogP contribution >= 0.6 is 11.6 Å². The van der Waals surface area contributed by atoms with Crippen molar-refractivity contribution in [3.8, 4) is 5.75 Å². The zero-order valence-electron chi connectivity index (χ0n) is 12.0. The molecule has 2 aromatic rings. The first-order valence-electron chi connectivity index (χ1n) is 6.40. The molecule has 0 fully saturated rings. The van der Waals surface area contributed by atoms with Crippen molar-refractivity contribution in [3.63, 3.8) is 0 Å². The van der Waals surface area contributed by atoms with Crippen molar-refractivity contribution in [1.29, 1.82) is 0 Å². The van der Waals surface area contributed by atoms with E-state index in [2.05, 4.69) is 14.8 Å². The van der Waals surface area contributed by atoms with Gasteiger partial charge in [-0.3, -0.25) is 0 Å². The first-order valence-corrected chi connectivity index (χ1v) is 6.77. The Labute approximate surface area is 135 Å². The fourth-order valence-corrected chi connectivity index (χ4v) is 2.11. The number of halogens is 3. The van der Waals surface area contributed by atoms with Crippen molar-refractivity contribution in [2.24, 2.45) is 0 Å². The molecule has 8 heteroatoms. The maximum atomic E-state index is 12.2. The lowest BCUT2D eigenvalue weighted by Gasteiger charge is -2.13. The average Bonchev–Trinajstić information content (AvgIpc) is 2.49. The molecule has 0 atom stereocenters. The Bertz CT molecular complexity index is 726. The van der Waals surface area contributed by atoms with Crippen LogP contribution in [0.5, 0.6) is 5.75 Å². The molecule has 3 N–H and O–H groups in total. The number of ether oxygens (including phenoxy) is 2. The molecular weight excluding hydrogens is 330 g/mol. The Balaban J connectivity index is 2.27. The monoisotopic (exact) mass is 342 g/mol. The number of nitrogen functional groups attached to an aromatic ring is 1. The van der Waals surface area contributed by atoms with Crippen LogP contribution in [-0.2, 0) is 4.74 Å². The third-order valence-electron chi connectivity index (χ3n) is 2.88. The molecular formula is C15H13ClF2N2O3. The zero-order chi connectivity index (χ0) is 17.0. The largest absolute Gasteiger partial charge is 0.465 e. The molecule has 0 aliphatic heterocycles. The third-order valence-corrected chi connectivity index (χ3v) is 3.20. The molecule has 0 saturated heterocycles. The Morgan fingerprint density at radius 2 is 2.04 bits per heavy atom. The number of anilines is 3. The van der Waals surface area contributed by atoms with Gasteiger partial charge in [0.05, 0.1) is 29.1 Å². The van der Waals surface area contributed by atoms with Gasteiger partial charge in [0.15, 0.2) is 0 Å². The number of carbonyl (C=O) groups excluding carboxylic acids is 1. The number of hydrogen-bond donors (Lipinski definition) is 2. The average molecular weight is 343 g/mol. The quantitative estimate of drug-likeness (QED) is 0.633. The number of benzene rings is 2. The van der Waals surface area contributed by atoms with Gasteiger partial charge in [0, 0.05) is 11.8 Å². The SMILES string of the molecule is COC(=O)c1cc(N)c(Nc2cccc(OC(F)F)c2)cc1Cl. The molecule has 5 nitrogen and oxygen atoms in total. The van der Waals surface area contributed by atoms with Gasteiger partial charge in [0.25, 0.3) is 0 Å². The summed E-state index contributed by atoms with van der Waals surface area (Å²) >= 11 is 6.02. The summed E-state index contributed by atoms with van der Waals surface area (Å²) in [6, 6.07) is 8.78. The molecule has 0 unspecified atom stereocenters. The fraction of sp³-hybridized carbons (Fsp3) is 0.133. The van der Waals surface area contributed by atoms with E-state index in [1.54, 1.807) is 12.1 Å². The van der Waals surface area contributed by atoms with E-state index in [1.807, 2.05) is 0 Å². The Hall–Kier alpha value is -2.54. The lowest BCUT2D eigenvalue weighted by atomic mass is 10.1. The maximum Gasteiger partial charge on any atom is 0.387 e.